The average molecular weight is 299 g/mol. The van der Waals surface area contributed by atoms with Crippen molar-refractivity contribution in [2.24, 2.45) is 5.73 Å². The Bertz CT molecular complexity index is 392. The van der Waals surface area contributed by atoms with Crippen molar-refractivity contribution in [1.29, 1.82) is 0 Å². The smallest absolute Gasteiger partial charge is 0.224 e. The van der Waals surface area contributed by atoms with E-state index in [0.29, 0.717) is 13.0 Å². The zero-order valence-electron chi connectivity index (χ0n) is 12.8. The topological polar surface area (TPSA) is 46.3 Å². The van der Waals surface area contributed by atoms with E-state index in [1.54, 1.807) is 0 Å². The molecule has 1 amide bonds. The minimum Gasteiger partial charge on any atom is -0.340 e. The van der Waals surface area contributed by atoms with Gasteiger partial charge in [0.05, 0.1) is 0 Å². The number of likely N-dealkylation sites (N-methyl/N-ethyl adjacent to an activating group) is 1. The van der Waals surface area contributed by atoms with Crippen molar-refractivity contribution in [3.05, 3.63) is 35.4 Å². The third-order valence-electron chi connectivity index (χ3n) is 3.52. The van der Waals surface area contributed by atoms with Crippen LogP contribution in [0.5, 0.6) is 0 Å². The van der Waals surface area contributed by atoms with Gasteiger partial charge >= 0.3 is 0 Å². The molecule has 1 rings (SSSR count). The third-order valence-corrected chi connectivity index (χ3v) is 3.52. The lowest BCUT2D eigenvalue weighted by Crippen LogP contribution is -2.41. The van der Waals surface area contributed by atoms with Crippen LogP contribution < -0.4 is 5.73 Å². The highest BCUT2D eigenvalue weighted by atomic mass is 35.5. The summed E-state index contributed by atoms with van der Waals surface area (Å²) in [6.45, 7) is 7.44. The highest BCUT2D eigenvalue weighted by Crippen LogP contribution is 2.14. The van der Waals surface area contributed by atoms with Crippen LogP contribution in [0.3, 0.4) is 0 Å². The van der Waals surface area contributed by atoms with E-state index < -0.39 is 0 Å². The molecule has 1 unspecified atom stereocenters. The van der Waals surface area contributed by atoms with E-state index in [2.05, 4.69) is 38.1 Å². The molecule has 0 spiro atoms. The molecule has 1 aromatic carbocycles. The van der Waals surface area contributed by atoms with Crippen molar-refractivity contribution in [3.8, 4) is 0 Å². The van der Waals surface area contributed by atoms with Crippen LogP contribution in [0.25, 0.3) is 0 Å². The van der Waals surface area contributed by atoms with Gasteiger partial charge in [-0.15, -0.1) is 12.4 Å². The largest absolute Gasteiger partial charge is 0.340 e. The number of carbonyl (C=O) groups is 1. The fraction of sp³-hybridized carbons (Fsp3) is 0.562. The first kappa shape index (κ1) is 18.9. The van der Waals surface area contributed by atoms with E-state index in [9.17, 15) is 4.79 Å². The normalized spacial score (nSPS) is 11.6. The molecule has 0 aliphatic rings. The first-order valence-corrected chi connectivity index (χ1v) is 7.17. The molecular weight excluding hydrogens is 272 g/mol. The number of rotatable bonds is 7. The highest BCUT2D eigenvalue weighted by Gasteiger charge is 2.20. The number of hydrogen-bond donors (Lipinski definition) is 1. The quantitative estimate of drug-likeness (QED) is 0.841. The molecule has 0 saturated carbocycles. The minimum atomic E-state index is 0. The number of amides is 1. The summed E-state index contributed by atoms with van der Waals surface area (Å²) in [6, 6.07) is 8.82. The molecule has 0 bridgehead atoms. The lowest BCUT2D eigenvalue weighted by molar-refractivity contribution is -0.133. The van der Waals surface area contributed by atoms with Gasteiger partial charge in [-0.2, -0.15) is 0 Å². The van der Waals surface area contributed by atoms with Gasteiger partial charge in [0.1, 0.15) is 0 Å². The van der Waals surface area contributed by atoms with Gasteiger partial charge in [0, 0.05) is 25.6 Å². The maximum Gasteiger partial charge on any atom is 0.224 e. The van der Waals surface area contributed by atoms with E-state index in [0.717, 1.165) is 19.4 Å². The number of benzene rings is 1. The van der Waals surface area contributed by atoms with Gasteiger partial charge in [-0.1, -0.05) is 36.8 Å². The zero-order chi connectivity index (χ0) is 14.3. The second-order valence-corrected chi connectivity index (χ2v) is 4.97. The van der Waals surface area contributed by atoms with Crippen LogP contribution in [0.4, 0.5) is 0 Å². The molecule has 0 aromatic heterocycles. The molecule has 0 fully saturated rings. The SMILES string of the molecule is CCC(Cc1ccc(C)cc1)N(CC)C(=O)CCN.Cl. The molecule has 4 heteroatoms. The summed E-state index contributed by atoms with van der Waals surface area (Å²) in [5.41, 5.74) is 8.04. The fourth-order valence-corrected chi connectivity index (χ4v) is 2.38. The first-order chi connectivity index (χ1) is 9.12. The Morgan fingerprint density at radius 1 is 1.25 bits per heavy atom. The van der Waals surface area contributed by atoms with Crippen molar-refractivity contribution >= 4 is 18.3 Å². The molecule has 3 nitrogen and oxygen atoms in total. The summed E-state index contributed by atoms with van der Waals surface area (Å²) >= 11 is 0. The molecule has 2 N–H and O–H groups in total. The highest BCUT2D eigenvalue weighted by molar-refractivity contribution is 5.85. The van der Waals surface area contributed by atoms with Crippen LogP contribution in [0.15, 0.2) is 24.3 Å². The van der Waals surface area contributed by atoms with Gasteiger partial charge in [0.2, 0.25) is 5.91 Å². The molecule has 20 heavy (non-hydrogen) atoms. The van der Waals surface area contributed by atoms with Crippen molar-refractivity contribution in [2.75, 3.05) is 13.1 Å². The van der Waals surface area contributed by atoms with E-state index in [1.807, 2.05) is 11.8 Å². The monoisotopic (exact) mass is 298 g/mol. The van der Waals surface area contributed by atoms with E-state index in [1.165, 1.54) is 11.1 Å². The Kier molecular flexibility index (Phi) is 9.26. The van der Waals surface area contributed by atoms with Gasteiger partial charge in [0.25, 0.3) is 0 Å². The van der Waals surface area contributed by atoms with Crippen LogP contribution in [0.2, 0.25) is 0 Å². The van der Waals surface area contributed by atoms with Crippen molar-refractivity contribution in [2.45, 2.75) is 46.1 Å². The summed E-state index contributed by atoms with van der Waals surface area (Å²) in [5.74, 6) is 0.170. The predicted molar refractivity (Wildman–Crippen MR) is 87.3 cm³/mol. The summed E-state index contributed by atoms with van der Waals surface area (Å²) < 4.78 is 0. The molecule has 0 heterocycles. The van der Waals surface area contributed by atoms with E-state index in [-0.39, 0.29) is 24.4 Å². The van der Waals surface area contributed by atoms with E-state index in [4.69, 9.17) is 5.73 Å². The Morgan fingerprint density at radius 2 is 1.85 bits per heavy atom. The molecular formula is C16H27ClN2O. The molecule has 0 radical (unpaired) electrons. The molecule has 1 atom stereocenters. The van der Waals surface area contributed by atoms with Gasteiger partial charge in [-0.25, -0.2) is 0 Å². The van der Waals surface area contributed by atoms with Crippen molar-refractivity contribution in [3.63, 3.8) is 0 Å². The number of carbonyl (C=O) groups excluding carboxylic acids is 1. The number of halogens is 1. The number of hydrogen-bond acceptors (Lipinski definition) is 2. The Balaban J connectivity index is 0.00000361. The van der Waals surface area contributed by atoms with Crippen LogP contribution in [0, 0.1) is 6.92 Å². The summed E-state index contributed by atoms with van der Waals surface area (Å²) in [5, 5.41) is 0. The summed E-state index contributed by atoms with van der Waals surface area (Å²) in [7, 11) is 0. The standard InChI is InChI=1S/C16H26N2O.ClH/c1-4-15(18(5-2)16(19)10-11-17)12-14-8-6-13(3)7-9-14;/h6-9,15H,4-5,10-12,17H2,1-3H3;1H. The van der Waals surface area contributed by atoms with Crippen LogP contribution in [0.1, 0.15) is 37.8 Å². The lowest BCUT2D eigenvalue weighted by atomic mass is 10.0. The molecule has 1 aromatic rings. The van der Waals surface area contributed by atoms with Gasteiger partial charge in [-0.3, -0.25) is 4.79 Å². The Morgan fingerprint density at radius 3 is 2.30 bits per heavy atom. The minimum absolute atomic E-state index is 0. The zero-order valence-corrected chi connectivity index (χ0v) is 13.6. The number of aryl methyl sites for hydroxylation is 1. The molecule has 0 aliphatic carbocycles. The van der Waals surface area contributed by atoms with Crippen molar-refractivity contribution in [1.82, 2.24) is 4.90 Å². The second kappa shape index (κ2) is 9.78. The number of nitrogens with two attached hydrogens (primary N) is 1. The molecule has 0 saturated heterocycles. The third kappa shape index (κ3) is 5.51. The average Bonchev–Trinajstić information content (AvgIpc) is 2.41. The summed E-state index contributed by atoms with van der Waals surface area (Å²) in [6.07, 6.45) is 2.33. The summed E-state index contributed by atoms with van der Waals surface area (Å²) in [4.78, 5) is 14.0. The second-order valence-electron chi connectivity index (χ2n) is 4.97. The number of nitrogens with zero attached hydrogens (tertiary/aromatic N) is 1. The fourth-order valence-electron chi connectivity index (χ4n) is 2.38. The van der Waals surface area contributed by atoms with Crippen LogP contribution >= 0.6 is 12.4 Å². The lowest BCUT2D eigenvalue weighted by Gasteiger charge is -2.30. The molecule has 114 valence electrons. The van der Waals surface area contributed by atoms with Gasteiger partial charge in [0.15, 0.2) is 0 Å². The van der Waals surface area contributed by atoms with Crippen LogP contribution in [-0.4, -0.2) is 29.9 Å². The maximum atomic E-state index is 12.1. The predicted octanol–water partition coefficient (Wildman–Crippen LogP) is 2.94. The Labute approximate surface area is 128 Å². The van der Waals surface area contributed by atoms with Gasteiger partial charge in [-0.05, 0) is 32.3 Å². The first-order valence-electron chi connectivity index (χ1n) is 7.17. The van der Waals surface area contributed by atoms with Crippen molar-refractivity contribution < 1.29 is 4.79 Å². The Hall–Kier alpha value is -1.06. The van der Waals surface area contributed by atoms with Crippen LogP contribution in [-0.2, 0) is 11.2 Å². The van der Waals surface area contributed by atoms with E-state index >= 15 is 0 Å². The molecule has 0 aliphatic heterocycles. The van der Waals surface area contributed by atoms with Gasteiger partial charge < -0.3 is 10.6 Å². The maximum absolute atomic E-state index is 12.1.